The van der Waals surface area contributed by atoms with Crippen molar-refractivity contribution in [2.24, 2.45) is 0 Å². The number of hydrogen-bond donors (Lipinski definition) is 0. The van der Waals surface area contributed by atoms with Crippen molar-refractivity contribution in [3.05, 3.63) is 82.1 Å². The second kappa shape index (κ2) is 6.95. The summed E-state index contributed by atoms with van der Waals surface area (Å²) >= 11 is 12.0. The van der Waals surface area contributed by atoms with E-state index in [0.717, 1.165) is 0 Å². The first-order valence-electron chi connectivity index (χ1n) is 6.86. The quantitative estimate of drug-likeness (QED) is 0.503. The lowest BCUT2D eigenvalue weighted by atomic mass is 10.1. The Morgan fingerprint density at radius 2 is 1.88 bits per heavy atom. The van der Waals surface area contributed by atoms with E-state index >= 15 is 0 Å². The van der Waals surface area contributed by atoms with Crippen molar-refractivity contribution in [3.63, 3.8) is 0 Å². The van der Waals surface area contributed by atoms with Gasteiger partial charge in [0.15, 0.2) is 0 Å². The number of benzene rings is 2. The molecule has 3 rings (SSSR count). The molecular weight excluding hydrogens is 352 g/mol. The van der Waals surface area contributed by atoms with Crippen LogP contribution in [0.1, 0.15) is 15.9 Å². The average molecular weight is 362 g/mol. The number of rotatable bonds is 4. The summed E-state index contributed by atoms with van der Waals surface area (Å²) in [6.45, 7) is 0. The van der Waals surface area contributed by atoms with Crippen molar-refractivity contribution in [1.82, 2.24) is 14.8 Å². The lowest BCUT2D eigenvalue weighted by Gasteiger charge is -2.08. The molecular formula is C17H10Cl2FN3O. The van der Waals surface area contributed by atoms with Crippen LogP contribution in [0.3, 0.4) is 0 Å². The molecule has 0 N–H and O–H groups in total. The van der Waals surface area contributed by atoms with Gasteiger partial charge in [0.2, 0.25) is 5.78 Å². The predicted octanol–water partition coefficient (Wildman–Crippen LogP) is 4.61. The molecule has 1 heterocycles. The SMILES string of the molecule is O=C(C(=Cc1ccc(F)cc1)n1cncn1)c1ccc(Cl)cc1Cl. The van der Waals surface area contributed by atoms with Gasteiger partial charge in [-0.1, -0.05) is 35.3 Å². The van der Waals surface area contributed by atoms with Crippen LogP contribution in [-0.2, 0) is 0 Å². The second-order valence-electron chi connectivity index (χ2n) is 4.87. The van der Waals surface area contributed by atoms with E-state index in [-0.39, 0.29) is 27.9 Å². The molecule has 0 fully saturated rings. The Balaban J connectivity index is 2.08. The summed E-state index contributed by atoms with van der Waals surface area (Å²) in [7, 11) is 0. The summed E-state index contributed by atoms with van der Waals surface area (Å²) in [5.74, 6) is -0.715. The highest BCUT2D eigenvalue weighted by molar-refractivity contribution is 6.40. The normalized spacial score (nSPS) is 11.5. The van der Waals surface area contributed by atoms with Crippen molar-refractivity contribution in [2.75, 3.05) is 0 Å². The molecule has 24 heavy (non-hydrogen) atoms. The molecule has 0 saturated carbocycles. The summed E-state index contributed by atoms with van der Waals surface area (Å²) in [4.78, 5) is 16.7. The smallest absolute Gasteiger partial charge is 0.212 e. The van der Waals surface area contributed by atoms with Gasteiger partial charge in [-0.05, 0) is 42.0 Å². The molecule has 0 spiro atoms. The molecule has 3 aromatic rings. The number of allylic oxidation sites excluding steroid dienone is 1. The Bertz CT molecular complexity index is 906. The van der Waals surface area contributed by atoms with Crippen molar-refractivity contribution >= 4 is 40.8 Å². The summed E-state index contributed by atoms with van der Waals surface area (Å²) in [6.07, 6.45) is 4.30. The zero-order valence-corrected chi connectivity index (χ0v) is 13.7. The lowest BCUT2D eigenvalue weighted by Crippen LogP contribution is -2.10. The highest BCUT2D eigenvalue weighted by Crippen LogP contribution is 2.25. The van der Waals surface area contributed by atoms with Gasteiger partial charge in [0, 0.05) is 10.6 Å². The van der Waals surface area contributed by atoms with E-state index in [2.05, 4.69) is 10.1 Å². The monoisotopic (exact) mass is 361 g/mol. The van der Waals surface area contributed by atoms with E-state index in [4.69, 9.17) is 23.2 Å². The predicted molar refractivity (Wildman–Crippen MR) is 91.4 cm³/mol. The summed E-state index contributed by atoms with van der Waals surface area (Å²) < 4.78 is 14.4. The van der Waals surface area contributed by atoms with Gasteiger partial charge in [-0.25, -0.2) is 14.1 Å². The Hall–Kier alpha value is -2.50. The average Bonchev–Trinajstić information content (AvgIpc) is 3.08. The first kappa shape index (κ1) is 16.4. The number of Topliss-reactive ketones (excluding diaryl/α,β-unsaturated/α-hetero) is 1. The molecule has 0 unspecified atom stereocenters. The minimum absolute atomic E-state index is 0.225. The van der Waals surface area contributed by atoms with Crippen LogP contribution in [0, 0.1) is 5.82 Å². The standard InChI is InChI=1S/C17H10Cl2FN3O/c18-12-3-6-14(15(19)8-12)17(24)16(23-10-21-9-22-23)7-11-1-4-13(20)5-2-11/h1-10H. The van der Waals surface area contributed by atoms with Gasteiger partial charge in [-0.15, -0.1) is 0 Å². The Morgan fingerprint density at radius 1 is 1.12 bits per heavy atom. The van der Waals surface area contributed by atoms with Crippen LogP contribution in [0.25, 0.3) is 11.8 Å². The molecule has 0 amide bonds. The van der Waals surface area contributed by atoms with Gasteiger partial charge < -0.3 is 0 Å². The highest BCUT2D eigenvalue weighted by Gasteiger charge is 2.18. The van der Waals surface area contributed by atoms with Gasteiger partial charge in [-0.3, -0.25) is 4.79 Å². The summed E-state index contributed by atoms with van der Waals surface area (Å²) in [6, 6.07) is 10.4. The first-order valence-corrected chi connectivity index (χ1v) is 7.62. The molecule has 4 nitrogen and oxygen atoms in total. The molecule has 120 valence electrons. The van der Waals surface area contributed by atoms with Crippen LogP contribution in [0.2, 0.25) is 10.0 Å². The van der Waals surface area contributed by atoms with Crippen LogP contribution in [0.15, 0.2) is 55.1 Å². The summed E-state index contributed by atoms with van der Waals surface area (Å²) in [5.41, 5.74) is 1.15. The van der Waals surface area contributed by atoms with Gasteiger partial charge in [0.1, 0.15) is 24.2 Å². The van der Waals surface area contributed by atoms with E-state index < -0.39 is 0 Å². The molecule has 0 radical (unpaired) electrons. The Kier molecular flexibility index (Phi) is 4.74. The molecule has 0 saturated heterocycles. The fraction of sp³-hybridized carbons (Fsp3) is 0. The molecule has 0 aliphatic carbocycles. The second-order valence-corrected chi connectivity index (χ2v) is 5.72. The fourth-order valence-electron chi connectivity index (χ4n) is 2.10. The van der Waals surface area contributed by atoms with Crippen molar-refractivity contribution in [3.8, 4) is 0 Å². The Morgan fingerprint density at radius 3 is 2.50 bits per heavy atom. The third kappa shape index (κ3) is 3.53. The van der Waals surface area contributed by atoms with E-state index in [9.17, 15) is 9.18 Å². The van der Waals surface area contributed by atoms with E-state index in [0.29, 0.717) is 10.6 Å². The van der Waals surface area contributed by atoms with Crippen molar-refractivity contribution in [2.45, 2.75) is 0 Å². The van der Waals surface area contributed by atoms with Crippen LogP contribution in [-0.4, -0.2) is 20.5 Å². The number of aromatic nitrogens is 3. The molecule has 7 heteroatoms. The maximum atomic E-state index is 13.1. The zero-order valence-electron chi connectivity index (χ0n) is 12.2. The maximum absolute atomic E-state index is 13.1. The first-order chi connectivity index (χ1) is 11.5. The largest absolute Gasteiger partial charge is 0.287 e. The third-order valence-electron chi connectivity index (χ3n) is 3.25. The molecule has 1 aromatic heterocycles. The van der Waals surface area contributed by atoms with Crippen LogP contribution in [0.5, 0.6) is 0 Å². The molecule has 0 atom stereocenters. The minimum Gasteiger partial charge on any atom is -0.287 e. The van der Waals surface area contributed by atoms with Crippen LogP contribution in [0.4, 0.5) is 4.39 Å². The van der Waals surface area contributed by atoms with Crippen molar-refractivity contribution in [1.29, 1.82) is 0 Å². The van der Waals surface area contributed by atoms with Gasteiger partial charge in [-0.2, -0.15) is 5.10 Å². The fourth-order valence-corrected chi connectivity index (χ4v) is 2.59. The number of carbonyl (C=O) groups is 1. The summed E-state index contributed by atoms with van der Waals surface area (Å²) in [5, 5.41) is 4.66. The third-order valence-corrected chi connectivity index (χ3v) is 3.80. The van der Waals surface area contributed by atoms with Crippen LogP contribution < -0.4 is 0 Å². The molecule has 2 aromatic carbocycles. The number of carbonyl (C=O) groups excluding carboxylic acids is 1. The number of hydrogen-bond acceptors (Lipinski definition) is 3. The topological polar surface area (TPSA) is 47.8 Å². The number of halogens is 3. The number of ketones is 1. The zero-order chi connectivity index (χ0) is 17.1. The van der Waals surface area contributed by atoms with Gasteiger partial charge in [0.25, 0.3) is 0 Å². The van der Waals surface area contributed by atoms with Crippen LogP contribution >= 0.6 is 23.2 Å². The van der Waals surface area contributed by atoms with E-state index in [1.165, 1.54) is 35.5 Å². The maximum Gasteiger partial charge on any atom is 0.212 e. The van der Waals surface area contributed by atoms with E-state index in [1.54, 1.807) is 30.3 Å². The molecule has 0 bridgehead atoms. The van der Waals surface area contributed by atoms with Gasteiger partial charge in [0.05, 0.1) is 5.02 Å². The van der Waals surface area contributed by atoms with Gasteiger partial charge >= 0.3 is 0 Å². The molecule has 0 aliphatic heterocycles. The highest BCUT2D eigenvalue weighted by atomic mass is 35.5. The Labute approximate surface area is 147 Å². The van der Waals surface area contributed by atoms with Crippen molar-refractivity contribution < 1.29 is 9.18 Å². The van der Waals surface area contributed by atoms with E-state index in [1.807, 2.05) is 0 Å². The minimum atomic E-state index is -0.360. The lowest BCUT2D eigenvalue weighted by molar-refractivity contribution is 0.105. The molecule has 0 aliphatic rings. The number of nitrogens with zero attached hydrogens (tertiary/aromatic N) is 3.